The number of methoxy groups -OCH3 is 2. The van der Waals surface area contributed by atoms with Crippen LogP contribution in [0, 0.1) is 13.8 Å². The second-order valence-electron chi connectivity index (χ2n) is 9.64. The van der Waals surface area contributed by atoms with Crippen molar-refractivity contribution < 1.29 is 14.3 Å². The van der Waals surface area contributed by atoms with E-state index in [0.717, 1.165) is 36.3 Å². The van der Waals surface area contributed by atoms with Gasteiger partial charge in [-0.3, -0.25) is 9.69 Å². The summed E-state index contributed by atoms with van der Waals surface area (Å²) >= 11 is 0. The summed E-state index contributed by atoms with van der Waals surface area (Å²) in [4.78, 5) is 16.0. The maximum atomic E-state index is 13.7. The maximum absolute atomic E-state index is 13.7. The van der Waals surface area contributed by atoms with E-state index in [1.165, 1.54) is 22.3 Å². The number of hydrogen-bond donors (Lipinski definition) is 0. The van der Waals surface area contributed by atoms with Gasteiger partial charge in [-0.1, -0.05) is 36.4 Å². The minimum Gasteiger partial charge on any atom is -0.497 e. The largest absolute Gasteiger partial charge is 0.497 e. The van der Waals surface area contributed by atoms with Gasteiger partial charge in [0.05, 0.1) is 32.5 Å². The van der Waals surface area contributed by atoms with Gasteiger partial charge in [0.2, 0.25) is 0 Å². The van der Waals surface area contributed by atoms with E-state index < -0.39 is 0 Å². The fraction of sp³-hybridized carbons (Fsp3) is 0.333. The third kappa shape index (κ3) is 4.73. The van der Waals surface area contributed by atoms with Crippen molar-refractivity contribution in [2.75, 3.05) is 27.3 Å². The molecule has 0 fully saturated rings. The van der Waals surface area contributed by atoms with Crippen LogP contribution in [-0.2, 0) is 17.8 Å². The topological polar surface area (TPSA) is 54.4 Å². The zero-order chi connectivity index (χ0) is 25.2. The van der Waals surface area contributed by atoms with Gasteiger partial charge in [-0.25, -0.2) is 5.01 Å². The molecule has 0 spiro atoms. The van der Waals surface area contributed by atoms with Gasteiger partial charge in [0, 0.05) is 31.1 Å². The Bertz CT molecular complexity index is 1320. The van der Waals surface area contributed by atoms with E-state index in [1.807, 2.05) is 18.2 Å². The molecule has 36 heavy (non-hydrogen) atoms. The van der Waals surface area contributed by atoms with Crippen LogP contribution >= 0.6 is 0 Å². The zero-order valence-corrected chi connectivity index (χ0v) is 21.5. The molecule has 3 aromatic rings. The number of rotatable bonds is 6. The number of ether oxygens (including phenoxy) is 2. The minimum atomic E-state index is -0.243. The molecule has 3 aromatic carbocycles. The SMILES string of the molecule is COc1ccc(C2CC(c3ccc(C)c(C)c3)=NN2C(=O)CN2CCc3ccccc3C2)c(OC)c1. The molecule has 2 heterocycles. The van der Waals surface area contributed by atoms with E-state index >= 15 is 0 Å². The second-order valence-corrected chi connectivity index (χ2v) is 9.64. The summed E-state index contributed by atoms with van der Waals surface area (Å²) in [6.07, 6.45) is 1.58. The van der Waals surface area contributed by atoms with E-state index in [-0.39, 0.29) is 11.9 Å². The van der Waals surface area contributed by atoms with E-state index in [9.17, 15) is 4.79 Å². The van der Waals surface area contributed by atoms with Crippen molar-refractivity contribution in [3.05, 3.63) is 94.0 Å². The average Bonchev–Trinajstić information content (AvgIpc) is 3.35. The van der Waals surface area contributed by atoms with Gasteiger partial charge in [-0.05, 0) is 66.3 Å². The molecule has 0 saturated carbocycles. The molecule has 0 N–H and O–H groups in total. The molecule has 0 aromatic heterocycles. The molecule has 0 bridgehead atoms. The lowest BCUT2D eigenvalue weighted by atomic mass is 9.95. The first-order chi connectivity index (χ1) is 17.5. The number of nitrogens with zero attached hydrogens (tertiary/aromatic N) is 3. The highest BCUT2D eigenvalue weighted by atomic mass is 16.5. The van der Waals surface area contributed by atoms with Crippen molar-refractivity contribution in [3.8, 4) is 11.5 Å². The van der Waals surface area contributed by atoms with Crippen molar-refractivity contribution in [2.24, 2.45) is 5.10 Å². The summed E-state index contributed by atoms with van der Waals surface area (Å²) in [5, 5.41) is 6.58. The van der Waals surface area contributed by atoms with Crippen LogP contribution in [0.1, 0.15) is 45.8 Å². The Hall–Kier alpha value is -3.64. The van der Waals surface area contributed by atoms with E-state index in [4.69, 9.17) is 14.6 Å². The van der Waals surface area contributed by atoms with Crippen molar-refractivity contribution in [3.63, 3.8) is 0 Å². The molecular weight excluding hydrogens is 450 g/mol. The van der Waals surface area contributed by atoms with Gasteiger partial charge in [-0.2, -0.15) is 5.10 Å². The molecule has 0 aliphatic carbocycles. The van der Waals surface area contributed by atoms with Gasteiger partial charge in [0.25, 0.3) is 5.91 Å². The summed E-state index contributed by atoms with van der Waals surface area (Å²) in [6, 6.07) is 20.4. The average molecular weight is 484 g/mol. The zero-order valence-electron chi connectivity index (χ0n) is 21.5. The Morgan fingerprint density at radius 2 is 1.78 bits per heavy atom. The summed E-state index contributed by atoms with van der Waals surface area (Å²) < 4.78 is 11.1. The Morgan fingerprint density at radius 1 is 0.972 bits per heavy atom. The Kier molecular flexibility index (Phi) is 6.79. The third-order valence-corrected chi connectivity index (χ3v) is 7.37. The number of aryl methyl sites for hydroxylation is 2. The van der Waals surface area contributed by atoms with Crippen LogP contribution in [0.15, 0.2) is 65.8 Å². The standard InChI is InChI=1S/C30H33N3O3/c1-20-9-10-23(15-21(20)2)27-17-28(26-12-11-25(35-3)16-29(26)36-4)33(31-27)30(34)19-32-14-13-22-7-5-6-8-24(22)18-32/h5-12,15-16,28H,13-14,17-19H2,1-4H3. The van der Waals surface area contributed by atoms with Crippen molar-refractivity contribution in [1.29, 1.82) is 0 Å². The first kappa shape index (κ1) is 24.1. The van der Waals surface area contributed by atoms with Crippen molar-refractivity contribution >= 4 is 11.6 Å². The van der Waals surface area contributed by atoms with Crippen molar-refractivity contribution in [1.82, 2.24) is 9.91 Å². The molecule has 6 nitrogen and oxygen atoms in total. The van der Waals surface area contributed by atoms with Gasteiger partial charge in [0.1, 0.15) is 11.5 Å². The van der Waals surface area contributed by atoms with Gasteiger partial charge in [0.15, 0.2) is 0 Å². The van der Waals surface area contributed by atoms with Gasteiger partial charge in [-0.15, -0.1) is 0 Å². The van der Waals surface area contributed by atoms with Crippen LogP contribution < -0.4 is 9.47 Å². The molecule has 5 rings (SSSR count). The normalized spacial score (nSPS) is 17.5. The predicted octanol–water partition coefficient (Wildman–Crippen LogP) is 5.06. The lowest BCUT2D eigenvalue weighted by Gasteiger charge is -2.30. The lowest BCUT2D eigenvalue weighted by Crippen LogP contribution is -2.40. The van der Waals surface area contributed by atoms with Crippen molar-refractivity contribution in [2.45, 2.75) is 39.3 Å². The molecule has 1 unspecified atom stereocenters. The summed E-state index contributed by atoms with van der Waals surface area (Å²) in [6.45, 7) is 6.18. The number of hydrogen-bond acceptors (Lipinski definition) is 5. The highest BCUT2D eigenvalue weighted by Crippen LogP contribution is 2.39. The Balaban J connectivity index is 1.45. The number of amides is 1. The highest BCUT2D eigenvalue weighted by Gasteiger charge is 2.36. The number of hydrazone groups is 1. The fourth-order valence-electron chi connectivity index (χ4n) is 5.12. The summed E-state index contributed by atoms with van der Waals surface area (Å²) in [5.74, 6) is 1.41. The fourth-order valence-corrected chi connectivity index (χ4v) is 5.12. The lowest BCUT2D eigenvalue weighted by molar-refractivity contribution is -0.134. The summed E-state index contributed by atoms with van der Waals surface area (Å²) in [7, 11) is 3.28. The summed E-state index contributed by atoms with van der Waals surface area (Å²) in [5.41, 5.74) is 8.02. The molecule has 1 amide bonds. The first-order valence-corrected chi connectivity index (χ1v) is 12.4. The van der Waals surface area contributed by atoms with Crippen LogP contribution in [0.4, 0.5) is 0 Å². The number of fused-ring (bicyclic) bond motifs is 1. The van der Waals surface area contributed by atoms with Crippen LogP contribution in [0.3, 0.4) is 0 Å². The predicted molar refractivity (Wildman–Crippen MR) is 142 cm³/mol. The molecule has 2 aliphatic rings. The van der Waals surface area contributed by atoms with E-state index in [2.05, 4.69) is 61.2 Å². The van der Waals surface area contributed by atoms with E-state index in [1.54, 1.807) is 19.2 Å². The molecule has 0 radical (unpaired) electrons. The first-order valence-electron chi connectivity index (χ1n) is 12.4. The van der Waals surface area contributed by atoms with Crippen LogP contribution in [-0.4, -0.2) is 48.8 Å². The van der Waals surface area contributed by atoms with Gasteiger partial charge >= 0.3 is 0 Å². The van der Waals surface area contributed by atoms with Crippen LogP contribution in [0.2, 0.25) is 0 Å². The Morgan fingerprint density at radius 3 is 2.53 bits per heavy atom. The number of carbonyl (C=O) groups excluding carboxylic acids is 1. The quantitative estimate of drug-likeness (QED) is 0.492. The van der Waals surface area contributed by atoms with E-state index in [0.29, 0.717) is 24.5 Å². The Labute approximate surface area is 213 Å². The molecule has 1 atom stereocenters. The van der Waals surface area contributed by atoms with Crippen LogP contribution in [0.5, 0.6) is 11.5 Å². The number of carbonyl (C=O) groups is 1. The minimum absolute atomic E-state index is 0.00362. The molecule has 2 aliphatic heterocycles. The van der Waals surface area contributed by atoms with Crippen LogP contribution in [0.25, 0.3) is 0 Å². The molecular formula is C30H33N3O3. The second kappa shape index (κ2) is 10.2. The molecule has 6 heteroatoms. The monoisotopic (exact) mass is 483 g/mol. The highest BCUT2D eigenvalue weighted by molar-refractivity contribution is 6.03. The molecule has 186 valence electrons. The third-order valence-electron chi connectivity index (χ3n) is 7.37. The maximum Gasteiger partial charge on any atom is 0.257 e. The number of benzene rings is 3. The smallest absolute Gasteiger partial charge is 0.257 e. The molecule has 0 saturated heterocycles. The van der Waals surface area contributed by atoms with Gasteiger partial charge < -0.3 is 9.47 Å².